The minimum Gasteiger partial charge on any atom is -0.386 e. The van der Waals surface area contributed by atoms with Gasteiger partial charge >= 0.3 is 0 Å². The topological polar surface area (TPSA) is 40.5 Å². The van der Waals surface area contributed by atoms with Gasteiger partial charge in [-0.25, -0.2) is 0 Å². The Morgan fingerprint density at radius 1 is 1.36 bits per heavy atom. The summed E-state index contributed by atoms with van der Waals surface area (Å²) in [5, 5.41) is 10.0. The highest BCUT2D eigenvalue weighted by Crippen LogP contribution is 2.45. The van der Waals surface area contributed by atoms with Crippen LogP contribution in [0.2, 0.25) is 0 Å². The molecule has 1 amide bonds. The molecule has 2 fully saturated rings. The molecule has 1 saturated carbocycles. The van der Waals surface area contributed by atoms with Crippen LogP contribution in [-0.2, 0) is 4.79 Å². The van der Waals surface area contributed by atoms with E-state index in [0.29, 0.717) is 19.0 Å². The van der Waals surface area contributed by atoms with Crippen molar-refractivity contribution in [3.05, 3.63) is 0 Å². The van der Waals surface area contributed by atoms with Crippen LogP contribution in [0.3, 0.4) is 0 Å². The van der Waals surface area contributed by atoms with E-state index in [2.05, 4.69) is 0 Å². The van der Waals surface area contributed by atoms with Gasteiger partial charge in [-0.05, 0) is 18.8 Å². The fraction of sp³-hybridized carbons (Fsp3) is 0.909. The maximum atomic E-state index is 11.8. The Labute approximate surface area is 85.1 Å². The highest BCUT2D eigenvalue weighted by molar-refractivity contribution is 5.82. The summed E-state index contributed by atoms with van der Waals surface area (Å²) >= 11 is 0. The number of rotatable bonds is 1. The Kier molecular flexibility index (Phi) is 1.94. The Balaban J connectivity index is 1.91. The summed E-state index contributed by atoms with van der Waals surface area (Å²) in [7, 11) is 0. The van der Waals surface area contributed by atoms with E-state index in [1.807, 2.05) is 20.8 Å². The summed E-state index contributed by atoms with van der Waals surface area (Å²) in [5.41, 5.74) is -0.855. The second-order valence-corrected chi connectivity index (χ2v) is 5.79. The van der Waals surface area contributed by atoms with Crippen LogP contribution >= 0.6 is 0 Å². The summed E-state index contributed by atoms with van der Waals surface area (Å²) in [6.45, 7) is 6.86. The smallest absolute Gasteiger partial charge is 0.228 e. The Hall–Kier alpha value is -0.570. The van der Waals surface area contributed by atoms with Gasteiger partial charge in [-0.1, -0.05) is 20.8 Å². The van der Waals surface area contributed by atoms with Gasteiger partial charge < -0.3 is 10.0 Å². The van der Waals surface area contributed by atoms with Gasteiger partial charge in [0.1, 0.15) is 5.60 Å². The van der Waals surface area contributed by atoms with Crippen LogP contribution < -0.4 is 0 Å². The molecule has 2 rings (SSSR count). The predicted molar refractivity (Wildman–Crippen MR) is 53.7 cm³/mol. The molecule has 3 nitrogen and oxygen atoms in total. The van der Waals surface area contributed by atoms with Crippen molar-refractivity contribution in [3.8, 4) is 0 Å². The molecular weight excluding hydrogens is 178 g/mol. The minimum absolute atomic E-state index is 0.155. The van der Waals surface area contributed by atoms with E-state index >= 15 is 0 Å². The van der Waals surface area contributed by atoms with Crippen LogP contribution in [-0.4, -0.2) is 34.6 Å². The number of aliphatic hydroxyl groups is 1. The van der Waals surface area contributed by atoms with Gasteiger partial charge in [0.25, 0.3) is 0 Å². The number of likely N-dealkylation sites (tertiary alicyclic amines) is 1. The van der Waals surface area contributed by atoms with Crippen molar-refractivity contribution in [2.75, 3.05) is 13.1 Å². The van der Waals surface area contributed by atoms with Gasteiger partial charge in [0.2, 0.25) is 5.91 Å². The van der Waals surface area contributed by atoms with E-state index in [0.717, 1.165) is 12.8 Å². The van der Waals surface area contributed by atoms with Crippen LogP contribution in [0.15, 0.2) is 0 Å². The quantitative estimate of drug-likeness (QED) is 0.681. The molecule has 0 spiro atoms. The summed E-state index contributed by atoms with van der Waals surface area (Å²) in [6.07, 6.45) is 2.27. The molecule has 80 valence electrons. The molecule has 3 heteroatoms. The molecule has 2 aliphatic rings. The lowest BCUT2D eigenvalue weighted by Gasteiger charge is -2.48. The molecule has 14 heavy (non-hydrogen) atoms. The van der Waals surface area contributed by atoms with Crippen LogP contribution in [0.5, 0.6) is 0 Å². The summed E-state index contributed by atoms with van der Waals surface area (Å²) in [5.74, 6) is 0.620. The number of amides is 1. The maximum Gasteiger partial charge on any atom is 0.228 e. The van der Waals surface area contributed by atoms with Crippen molar-refractivity contribution in [1.29, 1.82) is 0 Å². The van der Waals surface area contributed by atoms with E-state index in [1.165, 1.54) is 0 Å². The second kappa shape index (κ2) is 2.72. The first kappa shape index (κ1) is 9.97. The zero-order valence-electron chi connectivity index (χ0n) is 9.21. The van der Waals surface area contributed by atoms with Crippen molar-refractivity contribution in [3.63, 3.8) is 0 Å². The van der Waals surface area contributed by atoms with E-state index < -0.39 is 5.60 Å². The number of carbonyl (C=O) groups excluding carboxylic acids is 1. The third kappa shape index (κ3) is 1.54. The third-order valence-electron chi connectivity index (χ3n) is 3.20. The first-order chi connectivity index (χ1) is 6.33. The molecule has 0 bridgehead atoms. The van der Waals surface area contributed by atoms with Gasteiger partial charge in [-0.3, -0.25) is 4.79 Å². The van der Waals surface area contributed by atoms with E-state index in [4.69, 9.17) is 0 Å². The zero-order chi connectivity index (χ0) is 10.6. The van der Waals surface area contributed by atoms with Crippen LogP contribution in [0.4, 0.5) is 0 Å². The Bertz CT molecular complexity index is 257. The first-order valence-electron chi connectivity index (χ1n) is 5.35. The molecule has 1 saturated heterocycles. The average Bonchev–Trinajstić information content (AvgIpc) is 2.77. The van der Waals surface area contributed by atoms with Crippen molar-refractivity contribution >= 4 is 5.91 Å². The van der Waals surface area contributed by atoms with Crippen molar-refractivity contribution in [2.45, 2.75) is 39.2 Å². The number of carbonyl (C=O) groups is 1. The Morgan fingerprint density at radius 2 is 1.86 bits per heavy atom. The molecule has 1 N–H and O–H groups in total. The highest BCUT2D eigenvalue weighted by atomic mass is 16.3. The minimum atomic E-state index is -0.541. The van der Waals surface area contributed by atoms with Crippen molar-refractivity contribution in [1.82, 2.24) is 4.90 Å². The molecule has 0 aromatic heterocycles. The van der Waals surface area contributed by atoms with E-state index in [1.54, 1.807) is 4.90 Å². The summed E-state index contributed by atoms with van der Waals surface area (Å²) in [6, 6.07) is 0. The van der Waals surface area contributed by atoms with Gasteiger partial charge in [-0.15, -0.1) is 0 Å². The standard InChI is InChI=1S/C11H19NO2/c1-10(2,3)9(13)12-6-11(14,7-12)8-4-5-8/h8,14H,4-7H2,1-3H3. The zero-order valence-corrected chi connectivity index (χ0v) is 9.21. The fourth-order valence-corrected chi connectivity index (χ4v) is 2.11. The van der Waals surface area contributed by atoms with Gasteiger partial charge in [0.15, 0.2) is 0 Å². The second-order valence-electron chi connectivity index (χ2n) is 5.79. The average molecular weight is 197 g/mol. The molecule has 0 atom stereocenters. The summed E-state index contributed by atoms with van der Waals surface area (Å²) < 4.78 is 0. The summed E-state index contributed by atoms with van der Waals surface area (Å²) in [4.78, 5) is 13.6. The predicted octanol–water partition coefficient (Wildman–Crippen LogP) is 1.02. The lowest BCUT2D eigenvalue weighted by atomic mass is 9.85. The number of β-amino-alcohol motifs (C(OH)–C–C–N with tert-alkyl or cyclic N) is 1. The molecule has 0 aromatic carbocycles. The van der Waals surface area contributed by atoms with E-state index in [-0.39, 0.29) is 11.3 Å². The lowest BCUT2D eigenvalue weighted by Crippen LogP contribution is -2.66. The lowest BCUT2D eigenvalue weighted by molar-refractivity contribution is -0.167. The molecule has 1 aliphatic carbocycles. The SMILES string of the molecule is CC(C)(C)C(=O)N1CC(O)(C2CC2)C1. The molecule has 1 aliphatic heterocycles. The maximum absolute atomic E-state index is 11.8. The number of hydrogen-bond acceptors (Lipinski definition) is 2. The highest BCUT2D eigenvalue weighted by Gasteiger charge is 2.54. The molecule has 1 heterocycles. The molecule has 0 unspecified atom stereocenters. The Morgan fingerprint density at radius 3 is 2.21 bits per heavy atom. The van der Waals surface area contributed by atoms with Crippen molar-refractivity contribution in [2.24, 2.45) is 11.3 Å². The number of hydrogen-bond donors (Lipinski definition) is 1. The number of nitrogens with zero attached hydrogens (tertiary/aromatic N) is 1. The normalized spacial score (nSPS) is 25.9. The fourth-order valence-electron chi connectivity index (χ4n) is 2.11. The van der Waals surface area contributed by atoms with E-state index in [9.17, 15) is 9.90 Å². The van der Waals surface area contributed by atoms with Gasteiger partial charge in [-0.2, -0.15) is 0 Å². The molecule has 0 aromatic rings. The van der Waals surface area contributed by atoms with Crippen LogP contribution in [0.25, 0.3) is 0 Å². The molecule has 0 radical (unpaired) electrons. The van der Waals surface area contributed by atoms with Crippen LogP contribution in [0.1, 0.15) is 33.6 Å². The third-order valence-corrected chi connectivity index (χ3v) is 3.20. The molecular formula is C11H19NO2. The van der Waals surface area contributed by atoms with Crippen LogP contribution in [0, 0.1) is 11.3 Å². The largest absolute Gasteiger partial charge is 0.386 e. The van der Waals surface area contributed by atoms with Gasteiger partial charge in [0.05, 0.1) is 13.1 Å². The monoisotopic (exact) mass is 197 g/mol. The van der Waals surface area contributed by atoms with Crippen molar-refractivity contribution < 1.29 is 9.90 Å². The van der Waals surface area contributed by atoms with Gasteiger partial charge in [0, 0.05) is 5.41 Å². The first-order valence-corrected chi connectivity index (χ1v) is 5.35.